The smallest absolute Gasteiger partial charge is 0.226 e. The van der Waals surface area contributed by atoms with Crippen molar-refractivity contribution in [3.8, 4) is 5.75 Å². The Labute approximate surface area is 152 Å². The highest BCUT2D eigenvalue weighted by molar-refractivity contribution is 9.10. The van der Waals surface area contributed by atoms with E-state index in [2.05, 4.69) is 21.2 Å². The standard InChI is InChI=1S/C17H23BrN2O2.ClH/c1-20(10-11-22-14-4-2-13(18)3-5-14)16(21)15-12-17(15)6-8-19-9-7-17;/h2-5,15,19H,6-12H2,1H3;1H. The van der Waals surface area contributed by atoms with Gasteiger partial charge in [-0.1, -0.05) is 15.9 Å². The second-order valence-electron chi connectivity index (χ2n) is 6.43. The van der Waals surface area contributed by atoms with Crippen LogP contribution in [-0.2, 0) is 4.79 Å². The molecule has 1 aromatic carbocycles. The fraction of sp³-hybridized carbons (Fsp3) is 0.588. The van der Waals surface area contributed by atoms with Crippen molar-refractivity contribution in [2.45, 2.75) is 19.3 Å². The number of likely N-dealkylation sites (N-methyl/N-ethyl adjacent to an activating group) is 1. The van der Waals surface area contributed by atoms with Gasteiger partial charge in [0.05, 0.1) is 6.54 Å². The van der Waals surface area contributed by atoms with Crippen molar-refractivity contribution in [3.05, 3.63) is 28.7 Å². The molecule has 1 saturated carbocycles. The number of rotatable bonds is 5. The molecule has 1 saturated heterocycles. The zero-order chi connectivity index (χ0) is 15.6. The number of amides is 1. The van der Waals surface area contributed by atoms with Crippen LogP contribution in [-0.4, -0.2) is 44.1 Å². The Hall–Kier alpha value is -0.780. The minimum atomic E-state index is 0. The lowest BCUT2D eigenvalue weighted by molar-refractivity contribution is -0.132. The van der Waals surface area contributed by atoms with Gasteiger partial charge < -0.3 is 15.0 Å². The number of hydrogen-bond donors (Lipinski definition) is 1. The summed E-state index contributed by atoms with van der Waals surface area (Å²) >= 11 is 3.40. The molecule has 2 fully saturated rings. The zero-order valence-electron chi connectivity index (χ0n) is 13.4. The summed E-state index contributed by atoms with van der Waals surface area (Å²) in [6, 6.07) is 7.76. The first kappa shape index (κ1) is 18.6. The molecule has 1 spiro atoms. The van der Waals surface area contributed by atoms with Crippen molar-refractivity contribution in [3.63, 3.8) is 0 Å². The molecule has 3 rings (SSSR count). The Morgan fingerprint density at radius 2 is 2.00 bits per heavy atom. The van der Waals surface area contributed by atoms with E-state index in [1.165, 1.54) is 0 Å². The van der Waals surface area contributed by atoms with E-state index in [1.54, 1.807) is 0 Å². The van der Waals surface area contributed by atoms with Gasteiger partial charge in [-0.2, -0.15) is 0 Å². The van der Waals surface area contributed by atoms with Crippen LogP contribution in [0.4, 0.5) is 0 Å². The van der Waals surface area contributed by atoms with E-state index in [0.717, 1.165) is 42.6 Å². The van der Waals surface area contributed by atoms with Gasteiger partial charge >= 0.3 is 0 Å². The Bertz CT molecular complexity index is 532. The van der Waals surface area contributed by atoms with Gasteiger partial charge in [0, 0.05) is 17.4 Å². The summed E-state index contributed by atoms with van der Waals surface area (Å²) in [4.78, 5) is 14.3. The molecule has 4 nitrogen and oxygen atoms in total. The summed E-state index contributed by atoms with van der Waals surface area (Å²) < 4.78 is 6.73. The Kier molecular flexibility index (Phi) is 6.34. The van der Waals surface area contributed by atoms with Crippen LogP contribution in [0.2, 0.25) is 0 Å². The molecular weight excluding hydrogens is 380 g/mol. The largest absolute Gasteiger partial charge is 0.492 e. The average molecular weight is 404 g/mol. The predicted octanol–water partition coefficient (Wildman–Crippen LogP) is 3.10. The Morgan fingerprint density at radius 3 is 2.65 bits per heavy atom. The van der Waals surface area contributed by atoms with Crippen LogP contribution >= 0.6 is 28.3 Å². The van der Waals surface area contributed by atoms with Gasteiger partial charge in [-0.05, 0) is 62.0 Å². The minimum absolute atomic E-state index is 0. The van der Waals surface area contributed by atoms with E-state index >= 15 is 0 Å². The molecule has 1 amide bonds. The molecule has 1 aliphatic heterocycles. The molecule has 1 N–H and O–H groups in total. The number of ether oxygens (including phenoxy) is 1. The molecule has 0 aromatic heterocycles. The highest BCUT2D eigenvalue weighted by atomic mass is 79.9. The summed E-state index contributed by atoms with van der Waals surface area (Å²) in [5.74, 6) is 1.37. The maximum atomic E-state index is 12.5. The fourth-order valence-electron chi connectivity index (χ4n) is 3.38. The van der Waals surface area contributed by atoms with Crippen LogP contribution in [0, 0.1) is 11.3 Å². The maximum Gasteiger partial charge on any atom is 0.226 e. The molecule has 0 radical (unpaired) electrons. The Morgan fingerprint density at radius 1 is 1.35 bits per heavy atom. The van der Waals surface area contributed by atoms with Gasteiger partial charge in [0.1, 0.15) is 12.4 Å². The average Bonchev–Trinajstić information content (AvgIpc) is 3.22. The molecule has 1 aliphatic carbocycles. The zero-order valence-corrected chi connectivity index (χ0v) is 15.8. The third kappa shape index (κ3) is 4.40. The van der Waals surface area contributed by atoms with Gasteiger partial charge in [0.2, 0.25) is 5.91 Å². The topological polar surface area (TPSA) is 41.6 Å². The first-order valence-corrected chi connectivity index (χ1v) is 8.74. The van der Waals surface area contributed by atoms with Gasteiger partial charge in [-0.3, -0.25) is 4.79 Å². The number of benzene rings is 1. The van der Waals surface area contributed by atoms with Gasteiger partial charge in [-0.15, -0.1) is 12.4 Å². The SMILES string of the molecule is CN(CCOc1ccc(Br)cc1)C(=O)C1CC12CCNCC2.Cl. The van der Waals surface area contributed by atoms with Gasteiger partial charge in [-0.25, -0.2) is 0 Å². The molecule has 6 heteroatoms. The van der Waals surface area contributed by atoms with E-state index in [4.69, 9.17) is 4.74 Å². The number of halogens is 2. The van der Waals surface area contributed by atoms with Crippen LogP contribution in [0.3, 0.4) is 0 Å². The summed E-state index contributed by atoms with van der Waals surface area (Å²) in [5.41, 5.74) is 0.309. The number of hydrogen-bond acceptors (Lipinski definition) is 3. The van der Waals surface area contributed by atoms with Crippen molar-refractivity contribution in [1.29, 1.82) is 0 Å². The molecule has 1 heterocycles. The van der Waals surface area contributed by atoms with E-state index in [0.29, 0.717) is 24.5 Å². The molecule has 1 unspecified atom stereocenters. The second-order valence-corrected chi connectivity index (χ2v) is 7.35. The molecule has 1 atom stereocenters. The quantitative estimate of drug-likeness (QED) is 0.821. The lowest BCUT2D eigenvalue weighted by atomic mass is 9.91. The lowest BCUT2D eigenvalue weighted by Gasteiger charge is -2.25. The van der Waals surface area contributed by atoms with E-state index in [9.17, 15) is 4.79 Å². The van der Waals surface area contributed by atoms with Crippen molar-refractivity contribution in [2.75, 3.05) is 33.3 Å². The first-order chi connectivity index (χ1) is 10.6. The van der Waals surface area contributed by atoms with E-state index in [-0.39, 0.29) is 18.3 Å². The number of carbonyl (C=O) groups is 1. The van der Waals surface area contributed by atoms with Crippen LogP contribution in [0.25, 0.3) is 0 Å². The number of nitrogens with one attached hydrogen (secondary N) is 1. The molecule has 1 aromatic rings. The van der Waals surface area contributed by atoms with E-state index in [1.807, 2.05) is 36.2 Å². The first-order valence-electron chi connectivity index (χ1n) is 7.95. The fourth-order valence-corrected chi connectivity index (χ4v) is 3.65. The molecule has 2 aliphatic rings. The third-order valence-electron chi connectivity index (χ3n) is 4.97. The highest BCUT2D eigenvalue weighted by Crippen LogP contribution is 2.59. The van der Waals surface area contributed by atoms with Crippen molar-refractivity contribution < 1.29 is 9.53 Å². The van der Waals surface area contributed by atoms with Crippen LogP contribution in [0.15, 0.2) is 28.7 Å². The third-order valence-corrected chi connectivity index (χ3v) is 5.50. The summed E-state index contributed by atoms with van der Waals surface area (Å²) in [7, 11) is 1.89. The number of piperidine rings is 1. The highest BCUT2D eigenvalue weighted by Gasteiger charge is 2.58. The van der Waals surface area contributed by atoms with E-state index < -0.39 is 0 Å². The Balaban J connectivity index is 0.00000192. The molecule has 128 valence electrons. The number of carbonyl (C=O) groups excluding carboxylic acids is 1. The second kappa shape index (κ2) is 7.86. The van der Waals surface area contributed by atoms with Crippen LogP contribution in [0.1, 0.15) is 19.3 Å². The van der Waals surface area contributed by atoms with Crippen LogP contribution < -0.4 is 10.1 Å². The maximum absolute atomic E-state index is 12.5. The number of nitrogens with zero attached hydrogens (tertiary/aromatic N) is 1. The minimum Gasteiger partial charge on any atom is -0.492 e. The molecule has 23 heavy (non-hydrogen) atoms. The molecular formula is C17H24BrClN2O2. The van der Waals surface area contributed by atoms with Gasteiger partial charge in [0.15, 0.2) is 0 Å². The summed E-state index contributed by atoms with van der Waals surface area (Å²) in [6.45, 7) is 3.28. The van der Waals surface area contributed by atoms with Crippen molar-refractivity contribution in [2.24, 2.45) is 11.3 Å². The summed E-state index contributed by atoms with van der Waals surface area (Å²) in [6.07, 6.45) is 3.37. The van der Waals surface area contributed by atoms with Crippen LogP contribution in [0.5, 0.6) is 5.75 Å². The predicted molar refractivity (Wildman–Crippen MR) is 97.2 cm³/mol. The van der Waals surface area contributed by atoms with Crippen molar-refractivity contribution >= 4 is 34.2 Å². The van der Waals surface area contributed by atoms with Gasteiger partial charge in [0.25, 0.3) is 0 Å². The normalized spacial score (nSPS) is 21.4. The van der Waals surface area contributed by atoms with Crippen molar-refractivity contribution in [1.82, 2.24) is 10.2 Å². The molecule has 0 bridgehead atoms. The monoisotopic (exact) mass is 402 g/mol. The summed E-state index contributed by atoms with van der Waals surface area (Å²) in [5, 5.41) is 3.38. The lowest BCUT2D eigenvalue weighted by Crippen LogP contribution is -2.36.